The van der Waals surface area contributed by atoms with E-state index in [9.17, 15) is 9.59 Å². The molecule has 2 N–H and O–H groups in total. The van der Waals surface area contributed by atoms with Crippen molar-refractivity contribution in [1.29, 1.82) is 0 Å². The molecule has 0 fully saturated rings. The second kappa shape index (κ2) is 40.9. The lowest BCUT2D eigenvalue weighted by Crippen LogP contribution is -2.07. The zero-order valence-corrected chi connectivity index (χ0v) is 29.2. The molecule has 0 aromatic heterocycles. The molecule has 0 unspecified atom stereocenters. The van der Waals surface area contributed by atoms with Crippen molar-refractivity contribution in [2.24, 2.45) is 0 Å². The summed E-state index contributed by atoms with van der Waals surface area (Å²) in [5, 5.41) is 17.1. The summed E-state index contributed by atoms with van der Waals surface area (Å²) in [6.07, 6.45) is 40.6. The van der Waals surface area contributed by atoms with Crippen molar-refractivity contribution < 1.29 is 24.5 Å². The van der Waals surface area contributed by atoms with Crippen LogP contribution in [0.25, 0.3) is 0 Å². The predicted molar refractivity (Wildman–Crippen MR) is 185 cm³/mol. The van der Waals surface area contributed by atoms with Crippen LogP contribution in [0.15, 0.2) is 0 Å². The van der Waals surface area contributed by atoms with E-state index in [2.05, 4.69) is 13.8 Å². The Kier molecular flexibility index (Phi) is 41.9. The van der Waals surface area contributed by atoms with E-state index in [0.717, 1.165) is 25.7 Å². The number of unbranched alkanes of at least 4 members (excludes halogenated alkanes) is 28. The van der Waals surface area contributed by atoms with Crippen LogP contribution in [0.3, 0.4) is 0 Å². The fourth-order valence-corrected chi connectivity index (χ4v) is 5.52. The Morgan fingerprint density at radius 2 is 0.674 bits per heavy atom. The van der Waals surface area contributed by atoms with Gasteiger partial charge in [0, 0.05) is 12.8 Å². The Balaban J connectivity index is 0. The van der Waals surface area contributed by atoms with E-state index < -0.39 is 5.97 Å². The fraction of sp³-hybridized carbons (Fsp3) is 0.947. The summed E-state index contributed by atoms with van der Waals surface area (Å²) in [5.74, 6) is -0.826. The van der Waals surface area contributed by atoms with Crippen molar-refractivity contribution in [3.63, 3.8) is 0 Å². The van der Waals surface area contributed by atoms with Gasteiger partial charge >= 0.3 is 11.9 Å². The molecule has 0 aromatic rings. The number of hydrogen-bond donors (Lipinski definition) is 2. The molecule has 0 atom stereocenters. The van der Waals surface area contributed by atoms with E-state index >= 15 is 0 Å². The minimum Gasteiger partial charge on any atom is -0.481 e. The highest BCUT2D eigenvalue weighted by Crippen LogP contribution is 2.15. The Bertz CT molecular complexity index is 536. The number of carboxylic acids is 1. The van der Waals surface area contributed by atoms with E-state index in [0.29, 0.717) is 12.8 Å². The van der Waals surface area contributed by atoms with Gasteiger partial charge in [0.15, 0.2) is 0 Å². The van der Waals surface area contributed by atoms with E-state index in [4.69, 9.17) is 14.9 Å². The minimum atomic E-state index is -0.653. The minimum absolute atomic E-state index is 0.0788. The normalized spacial score (nSPS) is 10.9. The van der Waals surface area contributed by atoms with E-state index in [1.165, 1.54) is 167 Å². The molecule has 0 heterocycles. The van der Waals surface area contributed by atoms with Crippen LogP contribution in [0.5, 0.6) is 0 Å². The van der Waals surface area contributed by atoms with Crippen molar-refractivity contribution in [3.8, 4) is 0 Å². The van der Waals surface area contributed by atoms with Crippen LogP contribution in [0.1, 0.15) is 219 Å². The van der Waals surface area contributed by atoms with Crippen LogP contribution in [-0.4, -0.2) is 35.4 Å². The van der Waals surface area contributed by atoms with Crippen molar-refractivity contribution in [1.82, 2.24) is 0 Å². The topological polar surface area (TPSA) is 83.8 Å². The Hall–Kier alpha value is -1.10. The number of aliphatic carboxylic acids is 1. The van der Waals surface area contributed by atoms with Gasteiger partial charge in [0.2, 0.25) is 0 Å². The monoisotopic (exact) mass is 613 g/mol. The molecule has 0 bridgehead atoms. The van der Waals surface area contributed by atoms with E-state index in [1.807, 2.05) is 0 Å². The van der Waals surface area contributed by atoms with Crippen LogP contribution < -0.4 is 0 Å². The second-order valence-electron chi connectivity index (χ2n) is 12.7. The molecule has 0 aliphatic rings. The fourth-order valence-electron chi connectivity index (χ4n) is 5.52. The lowest BCUT2D eigenvalue weighted by molar-refractivity contribution is -0.144. The highest BCUT2D eigenvalue weighted by Gasteiger charge is 2.02. The van der Waals surface area contributed by atoms with Crippen molar-refractivity contribution >= 4 is 11.9 Å². The summed E-state index contributed by atoms with van der Waals surface area (Å²) in [5.41, 5.74) is 0. The van der Waals surface area contributed by atoms with Crippen LogP contribution in [0.2, 0.25) is 0 Å². The maximum absolute atomic E-state index is 11.2. The molecule has 0 amide bonds. The van der Waals surface area contributed by atoms with Gasteiger partial charge < -0.3 is 14.9 Å². The Labute approximate surface area is 268 Å². The first-order valence-electron chi connectivity index (χ1n) is 19.1. The third-order valence-electron chi connectivity index (χ3n) is 8.33. The van der Waals surface area contributed by atoms with Crippen LogP contribution in [0.4, 0.5) is 0 Å². The molecule has 258 valence electrons. The van der Waals surface area contributed by atoms with Gasteiger partial charge in [0.1, 0.15) is 6.61 Å². The standard InChI is InChI=1S/C20H40O3.C18H36O2/c1-2-3-4-5-6-7-8-9-10-11-12-13-14-15-16-17-20(22)23-19-18-21;1-2-3-4-5-6-7-8-9-10-11-12-13-14-15-16-17-18(19)20/h21H,2-19H2,1H3;2-17H2,1H3,(H,19,20). The summed E-state index contributed by atoms with van der Waals surface area (Å²) < 4.78 is 4.82. The number of carbonyl (C=O) groups is 2. The average Bonchev–Trinajstić information content (AvgIpc) is 3.00. The van der Waals surface area contributed by atoms with E-state index in [1.54, 1.807) is 0 Å². The SMILES string of the molecule is CCCCCCCCCCCCCCCCCC(=O)O.CCCCCCCCCCCCCCCCCC(=O)OCCO. The third kappa shape index (κ3) is 45.5. The molecular formula is C38H76O5. The van der Waals surface area contributed by atoms with Gasteiger partial charge in [-0.2, -0.15) is 0 Å². The number of carboxylic acid groups (broad SMARTS) is 1. The van der Waals surface area contributed by atoms with Gasteiger partial charge in [0.25, 0.3) is 0 Å². The molecule has 0 aliphatic heterocycles. The average molecular weight is 613 g/mol. The van der Waals surface area contributed by atoms with Gasteiger partial charge in [-0.25, -0.2) is 0 Å². The van der Waals surface area contributed by atoms with E-state index in [-0.39, 0.29) is 19.2 Å². The molecule has 0 rings (SSSR count). The Morgan fingerprint density at radius 1 is 0.419 bits per heavy atom. The van der Waals surface area contributed by atoms with Gasteiger partial charge in [-0.15, -0.1) is 0 Å². The number of ether oxygens (including phenoxy) is 1. The molecule has 0 radical (unpaired) electrons. The summed E-state index contributed by atoms with van der Waals surface area (Å²) >= 11 is 0. The highest BCUT2D eigenvalue weighted by atomic mass is 16.5. The summed E-state index contributed by atoms with van der Waals surface area (Å²) in [6.45, 7) is 4.60. The molecule has 5 nitrogen and oxygen atoms in total. The van der Waals surface area contributed by atoms with Crippen molar-refractivity contribution in [2.75, 3.05) is 13.2 Å². The smallest absolute Gasteiger partial charge is 0.305 e. The number of carbonyl (C=O) groups excluding carboxylic acids is 1. The lowest BCUT2D eigenvalue weighted by Gasteiger charge is -2.04. The van der Waals surface area contributed by atoms with Crippen LogP contribution in [0, 0.1) is 0 Å². The zero-order chi connectivity index (χ0) is 31.9. The molecule has 0 saturated carbocycles. The molecule has 43 heavy (non-hydrogen) atoms. The summed E-state index contributed by atoms with van der Waals surface area (Å²) in [7, 11) is 0. The number of esters is 1. The van der Waals surface area contributed by atoms with Crippen molar-refractivity contribution in [2.45, 2.75) is 219 Å². The number of aliphatic hydroxyl groups excluding tert-OH is 1. The van der Waals surface area contributed by atoms with Gasteiger partial charge in [-0.05, 0) is 12.8 Å². The molecule has 0 aromatic carbocycles. The first-order chi connectivity index (χ1) is 21.1. The largest absolute Gasteiger partial charge is 0.481 e. The van der Waals surface area contributed by atoms with Gasteiger partial charge in [-0.1, -0.05) is 194 Å². The zero-order valence-electron chi connectivity index (χ0n) is 29.2. The first-order valence-corrected chi connectivity index (χ1v) is 19.1. The lowest BCUT2D eigenvalue weighted by atomic mass is 10.0. The number of rotatable bonds is 34. The second-order valence-corrected chi connectivity index (χ2v) is 12.7. The van der Waals surface area contributed by atoms with Gasteiger partial charge in [0.05, 0.1) is 6.61 Å². The number of aliphatic hydroxyl groups is 1. The highest BCUT2D eigenvalue weighted by molar-refractivity contribution is 5.69. The maximum atomic E-state index is 11.2. The predicted octanol–water partition coefficient (Wildman–Crippen LogP) is 12.1. The number of hydrogen-bond acceptors (Lipinski definition) is 4. The summed E-state index contributed by atoms with van der Waals surface area (Å²) in [6, 6.07) is 0. The first kappa shape index (κ1) is 44.0. The third-order valence-corrected chi connectivity index (χ3v) is 8.33. The molecule has 0 saturated heterocycles. The van der Waals surface area contributed by atoms with Crippen LogP contribution >= 0.6 is 0 Å². The Morgan fingerprint density at radius 3 is 0.930 bits per heavy atom. The molecule has 5 heteroatoms. The van der Waals surface area contributed by atoms with Crippen molar-refractivity contribution in [3.05, 3.63) is 0 Å². The maximum Gasteiger partial charge on any atom is 0.305 e. The quantitative estimate of drug-likeness (QED) is 0.0558. The molecule has 0 spiro atoms. The molecular weight excluding hydrogens is 536 g/mol. The molecule has 0 aliphatic carbocycles. The summed E-state index contributed by atoms with van der Waals surface area (Å²) in [4.78, 5) is 21.5. The van der Waals surface area contributed by atoms with Gasteiger partial charge in [-0.3, -0.25) is 9.59 Å². The van der Waals surface area contributed by atoms with Crippen LogP contribution in [-0.2, 0) is 14.3 Å².